The zero-order valence-electron chi connectivity index (χ0n) is 5.74. The Morgan fingerprint density at radius 3 is 2.50 bits per heavy atom. The number of hydrogen-bond acceptors (Lipinski definition) is 3. The lowest BCUT2D eigenvalue weighted by Gasteiger charge is -1.92. The van der Waals surface area contributed by atoms with Crippen molar-refractivity contribution in [2.24, 2.45) is 5.73 Å². The molecule has 0 aromatic carbocycles. The zero-order valence-corrected chi connectivity index (χ0v) is 6.56. The van der Waals surface area contributed by atoms with Crippen molar-refractivity contribution in [3.05, 3.63) is 23.5 Å². The number of halogens is 1. The average Bonchev–Trinajstić information content (AvgIpc) is 1.90. The topological polar surface area (TPSA) is 51.8 Å². The van der Waals surface area contributed by atoms with Gasteiger partial charge in [-0.1, -0.05) is 0 Å². The Bertz CT molecular complexity index is 185. The summed E-state index contributed by atoms with van der Waals surface area (Å²) >= 11 is 0. The van der Waals surface area contributed by atoms with Gasteiger partial charge in [-0.2, -0.15) is 10.2 Å². The van der Waals surface area contributed by atoms with Crippen molar-refractivity contribution in [2.75, 3.05) is 0 Å². The van der Waals surface area contributed by atoms with E-state index in [0.717, 1.165) is 11.4 Å². The summed E-state index contributed by atoms with van der Waals surface area (Å²) in [4.78, 5) is 0. The molecule has 1 rings (SSSR count). The summed E-state index contributed by atoms with van der Waals surface area (Å²) in [6, 6.07) is 3.78. The second-order valence-electron chi connectivity index (χ2n) is 1.87. The van der Waals surface area contributed by atoms with Crippen LogP contribution in [0.2, 0.25) is 0 Å². The first-order valence-electron chi connectivity index (χ1n) is 2.82. The summed E-state index contributed by atoms with van der Waals surface area (Å²) in [6.45, 7) is 2.36. The molecule has 3 nitrogen and oxygen atoms in total. The molecule has 0 atom stereocenters. The van der Waals surface area contributed by atoms with Gasteiger partial charge in [0, 0.05) is 6.54 Å². The summed E-state index contributed by atoms with van der Waals surface area (Å²) in [6.07, 6.45) is 0. The number of aromatic nitrogens is 2. The van der Waals surface area contributed by atoms with Crippen LogP contribution >= 0.6 is 12.4 Å². The van der Waals surface area contributed by atoms with Gasteiger partial charge in [0.15, 0.2) is 0 Å². The second kappa shape index (κ2) is 4.19. The van der Waals surface area contributed by atoms with Gasteiger partial charge in [0.2, 0.25) is 0 Å². The number of nitrogens with zero attached hydrogens (tertiary/aromatic N) is 2. The lowest BCUT2D eigenvalue weighted by atomic mass is 10.3. The van der Waals surface area contributed by atoms with Gasteiger partial charge in [-0.25, -0.2) is 0 Å². The van der Waals surface area contributed by atoms with Crippen LogP contribution in [0.15, 0.2) is 12.1 Å². The van der Waals surface area contributed by atoms with Gasteiger partial charge in [0.1, 0.15) is 0 Å². The first kappa shape index (κ1) is 9.33. The Hall–Kier alpha value is -0.670. The molecule has 0 saturated carbocycles. The van der Waals surface area contributed by atoms with E-state index in [-0.39, 0.29) is 12.4 Å². The SMILES string of the molecule is Cc1ccc(CN)nn1.Cl. The highest BCUT2D eigenvalue weighted by molar-refractivity contribution is 5.85. The minimum atomic E-state index is 0. The molecule has 1 aromatic heterocycles. The first-order valence-corrected chi connectivity index (χ1v) is 2.82. The third-order valence-electron chi connectivity index (χ3n) is 1.06. The Morgan fingerprint density at radius 1 is 1.40 bits per heavy atom. The van der Waals surface area contributed by atoms with E-state index in [9.17, 15) is 0 Å². The van der Waals surface area contributed by atoms with Crippen LogP contribution in [0.25, 0.3) is 0 Å². The third-order valence-corrected chi connectivity index (χ3v) is 1.06. The Kier molecular flexibility index (Phi) is 3.91. The van der Waals surface area contributed by atoms with Crippen molar-refractivity contribution in [1.82, 2.24) is 10.2 Å². The second-order valence-corrected chi connectivity index (χ2v) is 1.87. The van der Waals surface area contributed by atoms with Crippen LogP contribution in [-0.2, 0) is 6.54 Å². The highest BCUT2D eigenvalue weighted by Crippen LogP contribution is 1.91. The van der Waals surface area contributed by atoms with Crippen molar-refractivity contribution in [2.45, 2.75) is 13.5 Å². The minimum absolute atomic E-state index is 0. The zero-order chi connectivity index (χ0) is 6.69. The molecule has 0 amide bonds. The van der Waals surface area contributed by atoms with Gasteiger partial charge in [-0.05, 0) is 19.1 Å². The maximum atomic E-state index is 5.30. The smallest absolute Gasteiger partial charge is 0.0767 e. The summed E-state index contributed by atoms with van der Waals surface area (Å²) < 4.78 is 0. The van der Waals surface area contributed by atoms with Crippen LogP contribution in [0.1, 0.15) is 11.4 Å². The van der Waals surface area contributed by atoms with E-state index in [0.29, 0.717) is 6.54 Å². The molecular weight excluding hydrogens is 150 g/mol. The van der Waals surface area contributed by atoms with Gasteiger partial charge in [0.05, 0.1) is 11.4 Å². The highest BCUT2D eigenvalue weighted by atomic mass is 35.5. The van der Waals surface area contributed by atoms with E-state index in [2.05, 4.69) is 10.2 Å². The lowest BCUT2D eigenvalue weighted by molar-refractivity contribution is 0.876. The van der Waals surface area contributed by atoms with E-state index in [4.69, 9.17) is 5.73 Å². The van der Waals surface area contributed by atoms with Crippen molar-refractivity contribution < 1.29 is 0 Å². The van der Waals surface area contributed by atoms with Crippen LogP contribution in [0.4, 0.5) is 0 Å². The molecular formula is C6H10ClN3. The molecule has 2 N–H and O–H groups in total. The number of nitrogens with two attached hydrogens (primary N) is 1. The normalized spacial score (nSPS) is 8.60. The van der Waals surface area contributed by atoms with Crippen LogP contribution in [0, 0.1) is 6.92 Å². The molecule has 0 aliphatic carbocycles. The Balaban J connectivity index is 0.000000810. The maximum absolute atomic E-state index is 5.30. The summed E-state index contributed by atoms with van der Waals surface area (Å²) in [5.41, 5.74) is 7.05. The van der Waals surface area contributed by atoms with Crippen LogP contribution < -0.4 is 5.73 Å². The van der Waals surface area contributed by atoms with Crippen molar-refractivity contribution in [3.8, 4) is 0 Å². The standard InChI is InChI=1S/C6H9N3.ClH/c1-5-2-3-6(4-7)9-8-5;/h2-3H,4,7H2,1H3;1H. The molecule has 0 saturated heterocycles. The summed E-state index contributed by atoms with van der Waals surface area (Å²) in [5.74, 6) is 0. The van der Waals surface area contributed by atoms with Gasteiger partial charge in [-0.3, -0.25) is 0 Å². The molecule has 0 aliphatic rings. The monoisotopic (exact) mass is 159 g/mol. The fraction of sp³-hybridized carbons (Fsp3) is 0.333. The molecule has 1 aromatic rings. The minimum Gasteiger partial charge on any atom is -0.325 e. The highest BCUT2D eigenvalue weighted by Gasteiger charge is 1.88. The maximum Gasteiger partial charge on any atom is 0.0767 e. The molecule has 4 heteroatoms. The van der Waals surface area contributed by atoms with Crippen LogP contribution in [-0.4, -0.2) is 10.2 Å². The average molecular weight is 160 g/mol. The van der Waals surface area contributed by atoms with Crippen LogP contribution in [0.3, 0.4) is 0 Å². The number of hydrogen-bond donors (Lipinski definition) is 1. The van der Waals surface area contributed by atoms with E-state index < -0.39 is 0 Å². The fourth-order valence-electron chi connectivity index (χ4n) is 0.535. The molecule has 1 heterocycles. The molecule has 56 valence electrons. The Labute approximate surface area is 66.1 Å². The number of rotatable bonds is 1. The quantitative estimate of drug-likeness (QED) is 0.655. The van der Waals surface area contributed by atoms with E-state index in [1.807, 2.05) is 19.1 Å². The first-order chi connectivity index (χ1) is 4.33. The molecule has 0 unspecified atom stereocenters. The summed E-state index contributed by atoms with van der Waals surface area (Å²) in [7, 11) is 0. The largest absolute Gasteiger partial charge is 0.325 e. The molecule has 0 bridgehead atoms. The summed E-state index contributed by atoms with van der Waals surface area (Å²) in [5, 5.41) is 7.64. The molecule has 0 aliphatic heterocycles. The predicted molar refractivity (Wildman–Crippen MR) is 41.9 cm³/mol. The van der Waals surface area contributed by atoms with Crippen LogP contribution in [0.5, 0.6) is 0 Å². The third kappa shape index (κ3) is 2.29. The van der Waals surface area contributed by atoms with Gasteiger partial charge < -0.3 is 5.73 Å². The van der Waals surface area contributed by atoms with E-state index >= 15 is 0 Å². The molecule has 0 radical (unpaired) electrons. The van der Waals surface area contributed by atoms with E-state index in [1.165, 1.54) is 0 Å². The van der Waals surface area contributed by atoms with Crippen molar-refractivity contribution >= 4 is 12.4 Å². The molecule has 0 fully saturated rings. The van der Waals surface area contributed by atoms with Gasteiger partial charge >= 0.3 is 0 Å². The van der Waals surface area contributed by atoms with Crippen molar-refractivity contribution in [1.29, 1.82) is 0 Å². The van der Waals surface area contributed by atoms with Gasteiger partial charge in [-0.15, -0.1) is 12.4 Å². The van der Waals surface area contributed by atoms with Gasteiger partial charge in [0.25, 0.3) is 0 Å². The van der Waals surface area contributed by atoms with E-state index in [1.54, 1.807) is 0 Å². The lowest BCUT2D eigenvalue weighted by Crippen LogP contribution is -2.00. The predicted octanol–water partition coefficient (Wildman–Crippen LogP) is 0.666. The van der Waals surface area contributed by atoms with Crippen molar-refractivity contribution in [3.63, 3.8) is 0 Å². The molecule has 0 spiro atoms. The molecule has 10 heavy (non-hydrogen) atoms. The fourth-order valence-corrected chi connectivity index (χ4v) is 0.535. The number of aryl methyl sites for hydroxylation is 1. The Morgan fingerprint density at radius 2 is 2.10 bits per heavy atom.